The van der Waals surface area contributed by atoms with Crippen LogP contribution in [0.1, 0.15) is 28.2 Å². The van der Waals surface area contributed by atoms with E-state index >= 15 is 0 Å². The van der Waals surface area contributed by atoms with E-state index in [9.17, 15) is 4.79 Å². The zero-order chi connectivity index (χ0) is 17.6. The van der Waals surface area contributed by atoms with Gasteiger partial charge in [-0.05, 0) is 31.5 Å². The maximum atomic E-state index is 12.8. The molecule has 25 heavy (non-hydrogen) atoms. The van der Waals surface area contributed by atoms with Crippen LogP contribution in [-0.2, 0) is 19.5 Å². The molecule has 0 unspecified atom stereocenters. The van der Waals surface area contributed by atoms with Crippen molar-refractivity contribution >= 4 is 22.6 Å². The van der Waals surface area contributed by atoms with E-state index in [4.69, 9.17) is 16.0 Å². The molecule has 5 nitrogen and oxygen atoms in total. The molecule has 6 heteroatoms. The van der Waals surface area contributed by atoms with E-state index in [0.29, 0.717) is 28.1 Å². The molecule has 128 valence electrons. The summed E-state index contributed by atoms with van der Waals surface area (Å²) in [5, 5.41) is 1.11. The smallest absolute Gasteiger partial charge is 0.197 e. The highest BCUT2D eigenvalue weighted by molar-refractivity contribution is 6.32. The highest BCUT2D eigenvalue weighted by Crippen LogP contribution is 2.23. The van der Waals surface area contributed by atoms with Crippen molar-refractivity contribution in [3.05, 3.63) is 68.0 Å². The molecule has 0 fully saturated rings. The minimum atomic E-state index is -0.0193. The Morgan fingerprint density at radius 1 is 1.32 bits per heavy atom. The lowest BCUT2D eigenvalue weighted by Crippen LogP contribution is -2.32. The van der Waals surface area contributed by atoms with Gasteiger partial charge in [0.2, 0.25) is 0 Å². The molecule has 3 aromatic rings. The van der Waals surface area contributed by atoms with Crippen molar-refractivity contribution in [1.29, 1.82) is 0 Å². The maximum Gasteiger partial charge on any atom is 0.197 e. The summed E-state index contributed by atoms with van der Waals surface area (Å²) in [5.41, 5.74) is 4.33. The fraction of sp³-hybridized carbons (Fsp3) is 0.316. The molecule has 0 N–H and O–H groups in total. The van der Waals surface area contributed by atoms with Crippen LogP contribution in [0.15, 0.2) is 33.8 Å². The standard InChI is InChI=1S/C19H18ClN3O2/c1-11-5-18-15(6-16(11)20)19(24)14(10-25-18)9-23-4-3-17-13(8-23)7-21-12(2)22-17/h5-7,10H,3-4,8-9H2,1-2H3. The lowest BCUT2D eigenvalue weighted by Gasteiger charge is -2.27. The number of nitrogens with zero attached hydrogens (tertiary/aromatic N) is 3. The molecular formula is C19H18ClN3O2. The molecular weight excluding hydrogens is 338 g/mol. The van der Waals surface area contributed by atoms with Crippen molar-refractivity contribution in [2.45, 2.75) is 33.4 Å². The Morgan fingerprint density at radius 3 is 3.00 bits per heavy atom. The van der Waals surface area contributed by atoms with Crippen molar-refractivity contribution in [2.75, 3.05) is 6.54 Å². The van der Waals surface area contributed by atoms with Crippen molar-refractivity contribution in [2.24, 2.45) is 0 Å². The lowest BCUT2D eigenvalue weighted by molar-refractivity contribution is 0.240. The minimum Gasteiger partial charge on any atom is -0.464 e. The first kappa shape index (κ1) is 16.2. The Labute approximate surface area is 150 Å². The second-order valence-electron chi connectivity index (χ2n) is 6.54. The van der Waals surface area contributed by atoms with Crippen LogP contribution in [-0.4, -0.2) is 21.4 Å². The van der Waals surface area contributed by atoms with Gasteiger partial charge >= 0.3 is 0 Å². The summed E-state index contributed by atoms with van der Waals surface area (Å²) in [4.78, 5) is 23.8. The Hall–Kier alpha value is -2.24. The van der Waals surface area contributed by atoms with Gasteiger partial charge in [-0.3, -0.25) is 9.69 Å². The summed E-state index contributed by atoms with van der Waals surface area (Å²) in [7, 11) is 0. The average Bonchev–Trinajstić information content (AvgIpc) is 2.59. The molecule has 2 aromatic heterocycles. The van der Waals surface area contributed by atoms with Crippen LogP contribution in [0.4, 0.5) is 0 Å². The van der Waals surface area contributed by atoms with Crippen molar-refractivity contribution in [3.8, 4) is 0 Å². The van der Waals surface area contributed by atoms with Gasteiger partial charge in [-0.25, -0.2) is 9.97 Å². The van der Waals surface area contributed by atoms with E-state index in [-0.39, 0.29) is 5.43 Å². The first-order valence-corrected chi connectivity index (χ1v) is 8.63. The average molecular weight is 356 g/mol. The van der Waals surface area contributed by atoms with Crippen molar-refractivity contribution in [3.63, 3.8) is 0 Å². The predicted molar refractivity (Wildman–Crippen MR) is 96.8 cm³/mol. The molecule has 0 saturated carbocycles. The zero-order valence-electron chi connectivity index (χ0n) is 14.2. The van der Waals surface area contributed by atoms with Crippen molar-refractivity contribution in [1.82, 2.24) is 14.9 Å². The third-order valence-corrected chi connectivity index (χ3v) is 5.06. The second kappa shape index (κ2) is 6.24. The molecule has 1 aliphatic heterocycles. The molecule has 1 aliphatic rings. The summed E-state index contributed by atoms with van der Waals surface area (Å²) in [6.45, 7) is 5.93. The molecule has 0 atom stereocenters. The monoisotopic (exact) mass is 355 g/mol. The van der Waals surface area contributed by atoms with E-state index in [1.807, 2.05) is 20.0 Å². The van der Waals surface area contributed by atoms with Crippen LogP contribution in [0.3, 0.4) is 0 Å². The maximum absolute atomic E-state index is 12.8. The number of halogens is 1. The van der Waals surface area contributed by atoms with E-state index < -0.39 is 0 Å². The zero-order valence-corrected chi connectivity index (χ0v) is 14.9. The van der Waals surface area contributed by atoms with Crippen LogP contribution in [0.5, 0.6) is 0 Å². The van der Waals surface area contributed by atoms with E-state index in [1.165, 1.54) is 0 Å². The van der Waals surface area contributed by atoms with Crippen LogP contribution in [0, 0.1) is 13.8 Å². The van der Waals surface area contributed by atoms with Gasteiger partial charge in [-0.15, -0.1) is 0 Å². The molecule has 1 aromatic carbocycles. The van der Waals surface area contributed by atoms with Gasteiger partial charge in [0.25, 0.3) is 0 Å². The van der Waals surface area contributed by atoms with Gasteiger partial charge in [0, 0.05) is 54.1 Å². The quantitative estimate of drug-likeness (QED) is 0.705. The number of fused-ring (bicyclic) bond motifs is 2. The van der Waals surface area contributed by atoms with E-state index in [0.717, 1.165) is 42.2 Å². The van der Waals surface area contributed by atoms with E-state index in [2.05, 4.69) is 14.9 Å². The fourth-order valence-corrected chi connectivity index (χ4v) is 3.41. The summed E-state index contributed by atoms with van der Waals surface area (Å²) < 4.78 is 5.68. The van der Waals surface area contributed by atoms with E-state index in [1.54, 1.807) is 18.4 Å². The first-order valence-electron chi connectivity index (χ1n) is 8.25. The Morgan fingerprint density at radius 2 is 2.16 bits per heavy atom. The number of hydrogen-bond acceptors (Lipinski definition) is 5. The summed E-state index contributed by atoms with van der Waals surface area (Å²) in [6.07, 6.45) is 4.32. The highest BCUT2D eigenvalue weighted by atomic mass is 35.5. The molecule has 0 spiro atoms. The Balaban J connectivity index is 1.63. The summed E-state index contributed by atoms with van der Waals surface area (Å²) >= 11 is 6.17. The number of aryl methyl sites for hydroxylation is 2. The third kappa shape index (κ3) is 3.05. The van der Waals surface area contributed by atoms with Crippen LogP contribution in [0.25, 0.3) is 11.0 Å². The molecule has 0 aliphatic carbocycles. The lowest BCUT2D eigenvalue weighted by atomic mass is 10.1. The topological polar surface area (TPSA) is 59.2 Å². The van der Waals surface area contributed by atoms with Crippen LogP contribution < -0.4 is 5.43 Å². The number of rotatable bonds is 2. The first-order chi connectivity index (χ1) is 12.0. The summed E-state index contributed by atoms with van der Waals surface area (Å²) in [6, 6.07) is 3.50. The normalized spacial score (nSPS) is 14.7. The fourth-order valence-electron chi connectivity index (χ4n) is 3.25. The van der Waals surface area contributed by atoms with Crippen LogP contribution in [0.2, 0.25) is 5.02 Å². The van der Waals surface area contributed by atoms with Gasteiger partial charge < -0.3 is 4.42 Å². The molecule has 3 heterocycles. The van der Waals surface area contributed by atoms with Gasteiger partial charge in [0.15, 0.2) is 5.43 Å². The SMILES string of the molecule is Cc1ncc2c(n1)CCN(Cc1coc3cc(C)c(Cl)cc3c1=O)C2. The minimum absolute atomic E-state index is 0.0193. The van der Waals surface area contributed by atoms with Crippen LogP contribution >= 0.6 is 11.6 Å². The van der Waals surface area contributed by atoms with Gasteiger partial charge in [-0.2, -0.15) is 0 Å². The summed E-state index contributed by atoms with van der Waals surface area (Å²) in [5.74, 6) is 0.801. The number of hydrogen-bond donors (Lipinski definition) is 0. The predicted octanol–water partition coefficient (Wildman–Crippen LogP) is 3.41. The molecule has 0 saturated heterocycles. The van der Waals surface area contributed by atoms with Gasteiger partial charge in [-0.1, -0.05) is 11.6 Å². The Bertz CT molecular complexity index is 1030. The largest absolute Gasteiger partial charge is 0.464 e. The highest BCUT2D eigenvalue weighted by Gasteiger charge is 2.20. The third-order valence-electron chi connectivity index (χ3n) is 4.65. The molecule has 0 bridgehead atoms. The molecule has 4 rings (SSSR count). The second-order valence-corrected chi connectivity index (χ2v) is 6.94. The molecule has 0 amide bonds. The van der Waals surface area contributed by atoms with Gasteiger partial charge in [0.1, 0.15) is 11.4 Å². The Kier molecular flexibility index (Phi) is 4.06. The van der Waals surface area contributed by atoms with Crippen molar-refractivity contribution < 1.29 is 4.42 Å². The van der Waals surface area contributed by atoms with Gasteiger partial charge in [0.05, 0.1) is 11.6 Å². The molecule has 0 radical (unpaired) electrons. The number of aromatic nitrogens is 2. The number of benzene rings is 1.